The van der Waals surface area contributed by atoms with E-state index in [9.17, 15) is 22.9 Å². The molecule has 5 rings (SSSR count). The quantitative estimate of drug-likeness (QED) is 0.376. The zero-order valence-electron chi connectivity index (χ0n) is 21.7. The topological polar surface area (TPSA) is 138 Å². The van der Waals surface area contributed by atoms with Crippen molar-refractivity contribution in [3.8, 4) is 17.2 Å². The van der Waals surface area contributed by atoms with Crippen molar-refractivity contribution in [2.75, 3.05) is 18.0 Å². The van der Waals surface area contributed by atoms with Crippen molar-refractivity contribution in [1.82, 2.24) is 14.5 Å². The highest BCUT2D eigenvalue weighted by Gasteiger charge is 2.25. The first kappa shape index (κ1) is 26.6. The van der Waals surface area contributed by atoms with Crippen LogP contribution in [0.4, 0.5) is 10.3 Å². The lowest BCUT2D eigenvalue weighted by Crippen LogP contribution is -2.45. The minimum absolute atomic E-state index is 0.0421. The van der Waals surface area contributed by atoms with Crippen molar-refractivity contribution in [3.05, 3.63) is 76.0 Å². The molecular weight excluding hydrogens is 519 g/mol. The number of nitrogens with two attached hydrogens (primary N) is 1. The summed E-state index contributed by atoms with van der Waals surface area (Å²) in [7, 11) is -3.43. The summed E-state index contributed by atoms with van der Waals surface area (Å²) < 4.78 is 40.7. The highest BCUT2D eigenvalue weighted by Crippen LogP contribution is 2.30. The summed E-state index contributed by atoms with van der Waals surface area (Å²) in [6.45, 7) is 4.36. The van der Waals surface area contributed by atoms with Crippen molar-refractivity contribution in [2.45, 2.75) is 49.4 Å². The van der Waals surface area contributed by atoms with Crippen LogP contribution in [0.2, 0.25) is 0 Å². The number of nitrogens with zero attached hydrogens (tertiary/aromatic N) is 4. The Bertz CT molecular complexity index is 1750. The Kier molecular flexibility index (Phi) is 7.01. The van der Waals surface area contributed by atoms with Crippen molar-refractivity contribution in [1.29, 1.82) is 5.26 Å². The zero-order valence-corrected chi connectivity index (χ0v) is 22.5. The molecule has 2 aromatic carbocycles. The van der Waals surface area contributed by atoms with Crippen LogP contribution in [-0.4, -0.2) is 47.3 Å². The number of aromatic amines is 1. The van der Waals surface area contributed by atoms with E-state index >= 15 is 0 Å². The second-order valence-electron chi connectivity index (χ2n) is 10.1. The van der Waals surface area contributed by atoms with Crippen LogP contribution in [0.5, 0.6) is 0 Å². The van der Waals surface area contributed by atoms with E-state index in [2.05, 4.69) is 11.1 Å². The van der Waals surface area contributed by atoms with Gasteiger partial charge in [0.1, 0.15) is 16.9 Å². The number of fused-ring (bicyclic) bond motifs is 1. The number of nitriles is 1. The van der Waals surface area contributed by atoms with Gasteiger partial charge in [0.25, 0.3) is 5.56 Å². The van der Waals surface area contributed by atoms with E-state index in [1.165, 1.54) is 22.8 Å². The number of rotatable bonds is 6. The average molecular weight is 549 g/mol. The molecule has 0 spiro atoms. The second-order valence-corrected chi connectivity index (χ2v) is 12.6. The summed E-state index contributed by atoms with van der Waals surface area (Å²) >= 11 is 0. The molecule has 3 N–H and O–H groups in total. The molecule has 0 unspecified atom stereocenters. The van der Waals surface area contributed by atoms with Gasteiger partial charge in [-0.15, -0.1) is 0 Å². The minimum Gasteiger partial charge on any atom is -0.355 e. The molecule has 0 saturated carbocycles. The number of sulfone groups is 1. The lowest BCUT2D eigenvalue weighted by molar-refractivity contribution is 0.491. The van der Waals surface area contributed by atoms with Crippen LogP contribution < -0.4 is 16.2 Å². The van der Waals surface area contributed by atoms with Gasteiger partial charge >= 0.3 is 0 Å². The maximum absolute atomic E-state index is 14.1. The standard InChI is InChI=1S/C28H29FN6O3S/c1-17(2)39(37,38)23-9-6-18(7-10-23)24-14-32-26-25(24)33-28(34-11-3-4-22(31)16-34)35(27(26)36)15-20-12-21(29)8-5-19(20)13-30/h5-10,12,14,17,22,32H,3-4,11,15-16,31H2,1-2H3/t22-/m1/s1. The summed E-state index contributed by atoms with van der Waals surface area (Å²) in [5.74, 6) is -0.117. The molecule has 11 heteroatoms. The molecule has 1 atom stereocenters. The first-order valence-corrected chi connectivity index (χ1v) is 14.3. The number of halogens is 1. The average Bonchev–Trinajstić information content (AvgIpc) is 3.34. The Morgan fingerprint density at radius 1 is 1.23 bits per heavy atom. The molecule has 202 valence electrons. The molecule has 0 amide bonds. The molecule has 9 nitrogen and oxygen atoms in total. The van der Waals surface area contributed by atoms with Crippen LogP contribution in [0, 0.1) is 17.1 Å². The van der Waals surface area contributed by atoms with E-state index in [1.807, 2.05) is 4.90 Å². The normalized spacial score (nSPS) is 16.1. The van der Waals surface area contributed by atoms with Gasteiger partial charge in [0.15, 0.2) is 9.84 Å². The molecule has 1 saturated heterocycles. The van der Waals surface area contributed by atoms with Crippen molar-refractivity contribution in [2.24, 2.45) is 5.73 Å². The van der Waals surface area contributed by atoms with E-state index in [4.69, 9.17) is 10.7 Å². The lowest BCUT2D eigenvalue weighted by atomic mass is 10.1. The highest BCUT2D eigenvalue weighted by atomic mass is 32.2. The predicted octanol–water partition coefficient (Wildman–Crippen LogP) is 3.56. The number of benzene rings is 2. The van der Waals surface area contributed by atoms with E-state index in [1.54, 1.807) is 44.3 Å². The van der Waals surface area contributed by atoms with E-state index in [0.29, 0.717) is 41.2 Å². The third-order valence-electron chi connectivity index (χ3n) is 7.14. The Morgan fingerprint density at radius 3 is 2.64 bits per heavy atom. The lowest BCUT2D eigenvalue weighted by Gasteiger charge is -2.33. The molecule has 1 fully saturated rings. The predicted molar refractivity (Wildman–Crippen MR) is 148 cm³/mol. The van der Waals surface area contributed by atoms with Crippen LogP contribution in [0.3, 0.4) is 0 Å². The molecule has 0 radical (unpaired) electrons. The van der Waals surface area contributed by atoms with E-state index in [-0.39, 0.29) is 34.1 Å². The Balaban J connectivity index is 1.66. The molecular formula is C28H29FN6O3S. The number of H-pyrrole nitrogens is 1. The SMILES string of the molecule is CC(C)S(=O)(=O)c1ccc(-c2c[nH]c3c(=O)n(Cc4cc(F)ccc4C#N)c(N4CCC[C@@H](N)C4)nc23)cc1. The highest BCUT2D eigenvalue weighted by molar-refractivity contribution is 7.92. The Hall–Kier alpha value is -4.01. The maximum atomic E-state index is 14.1. The van der Waals surface area contributed by atoms with Gasteiger partial charge in [-0.05, 0) is 68.1 Å². The molecule has 0 aliphatic carbocycles. The van der Waals surface area contributed by atoms with Gasteiger partial charge in [0.2, 0.25) is 5.95 Å². The molecule has 1 aliphatic rings. The fraction of sp³-hybridized carbons (Fsp3) is 0.321. The van der Waals surface area contributed by atoms with Crippen LogP contribution in [0.25, 0.3) is 22.2 Å². The third-order valence-corrected chi connectivity index (χ3v) is 9.31. The Morgan fingerprint density at radius 2 is 1.97 bits per heavy atom. The molecule has 1 aliphatic heterocycles. The number of hydrogen-bond acceptors (Lipinski definition) is 7. The van der Waals surface area contributed by atoms with Gasteiger partial charge in [-0.3, -0.25) is 9.36 Å². The van der Waals surface area contributed by atoms with Gasteiger partial charge < -0.3 is 15.6 Å². The molecule has 0 bridgehead atoms. The number of piperidine rings is 1. The fourth-order valence-electron chi connectivity index (χ4n) is 4.95. The summed E-state index contributed by atoms with van der Waals surface area (Å²) in [6.07, 6.45) is 3.35. The summed E-state index contributed by atoms with van der Waals surface area (Å²) in [5.41, 5.74) is 8.56. The third kappa shape index (κ3) is 4.93. The molecule has 2 aromatic heterocycles. The minimum atomic E-state index is -3.43. The van der Waals surface area contributed by atoms with Gasteiger partial charge in [0, 0.05) is 30.9 Å². The zero-order chi connectivity index (χ0) is 27.9. The summed E-state index contributed by atoms with van der Waals surface area (Å²) in [6, 6.07) is 12.4. The smallest absolute Gasteiger partial charge is 0.279 e. The maximum Gasteiger partial charge on any atom is 0.279 e. The molecule has 39 heavy (non-hydrogen) atoms. The van der Waals surface area contributed by atoms with Gasteiger partial charge in [-0.1, -0.05) is 12.1 Å². The number of aromatic nitrogens is 3. The van der Waals surface area contributed by atoms with Crippen molar-refractivity contribution < 1.29 is 12.8 Å². The van der Waals surface area contributed by atoms with Crippen molar-refractivity contribution in [3.63, 3.8) is 0 Å². The van der Waals surface area contributed by atoms with Gasteiger partial charge in [-0.2, -0.15) is 5.26 Å². The van der Waals surface area contributed by atoms with Crippen LogP contribution >= 0.6 is 0 Å². The van der Waals surface area contributed by atoms with Crippen LogP contribution in [0.15, 0.2) is 58.4 Å². The van der Waals surface area contributed by atoms with E-state index < -0.39 is 20.9 Å². The summed E-state index contributed by atoms with van der Waals surface area (Å²) in [4.78, 5) is 24.0. The first-order valence-electron chi connectivity index (χ1n) is 12.8. The summed E-state index contributed by atoms with van der Waals surface area (Å²) in [5, 5.41) is 9.02. The first-order chi connectivity index (χ1) is 18.6. The molecule has 3 heterocycles. The monoisotopic (exact) mass is 548 g/mol. The second kappa shape index (κ2) is 10.3. The number of hydrogen-bond donors (Lipinski definition) is 2. The fourth-order valence-corrected chi connectivity index (χ4v) is 6.01. The van der Waals surface area contributed by atoms with E-state index in [0.717, 1.165) is 12.8 Å². The van der Waals surface area contributed by atoms with Gasteiger partial charge in [-0.25, -0.2) is 17.8 Å². The van der Waals surface area contributed by atoms with Gasteiger partial charge in [0.05, 0.1) is 28.3 Å². The van der Waals surface area contributed by atoms with Crippen molar-refractivity contribution >= 4 is 26.8 Å². The largest absolute Gasteiger partial charge is 0.355 e. The number of nitrogens with one attached hydrogen (secondary N) is 1. The Labute approximate surface area is 225 Å². The van der Waals surface area contributed by atoms with Crippen LogP contribution in [-0.2, 0) is 16.4 Å². The molecule has 4 aromatic rings. The van der Waals surface area contributed by atoms with Crippen LogP contribution in [0.1, 0.15) is 37.8 Å². The number of anilines is 1.